The first kappa shape index (κ1) is 29.6. The lowest BCUT2D eigenvalue weighted by Crippen LogP contribution is -2.56. The number of nitrogens with zero attached hydrogens (tertiary/aromatic N) is 1. The Morgan fingerprint density at radius 1 is 1.00 bits per heavy atom. The average molecular weight is 599 g/mol. The van der Waals surface area contributed by atoms with Crippen LogP contribution in [0, 0.1) is 11.3 Å². The summed E-state index contributed by atoms with van der Waals surface area (Å²) in [4.78, 5) is 43.1. The number of anilines is 1. The number of rotatable bonds is 9. The highest BCUT2D eigenvalue weighted by atomic mass is 35.5. The fraction of sp³-hybridized carbons (Fsp3) is 0.500. The smallest absolute Gasteiger partial charge is 0.326 e. The minimum absolute atomic E-state index is 0.141. The van der Waals surface area contributed by atoms with E-state index in [0.29, 0.717) is 12.1 Å². The first-order chi connectivity index (χ1) is 19.8. The number of hydrogen-bond donors (Lipinski definition) is 3. The third-order valence-corrected chi connectivity index (χ3v) is 9.81. The second-order valence-electron chi connectivity index (χ2n) is 11.6. The monoisotopic (exact) mass is 597 g/mol. The predicted octanol–water partition coefficient (Wildman–Crippen LogP) is 7.54. The Hall–Kier alpha value is -2.90. The summed E-state index contributed by atoms with van der Waals surface area (Å²) in [5.41, 5.74) is 2.76. The number of halogens is 2. The molecule has 0 aliphatic heterocycles. The van der Waals surface area contributed by atoms with Gasteiger partial charge >= 0.3 is 5.97 Å². The number of benzene rings is 1. The number of carbonyl (C=O) groups is 3. The van der Waals surface area contributed by atoms with Crippen molar-refractivity contribution in [3.05, 3.63) is 69.1 Å². The number of aliphatic carboxylic acids is 1. The van der Waals surface area contributed by atoms with Crippen LogP contribution in [-0.2, 0) is 9.59 Å². The van der Waals surface area contributed by atoms with Crippen LogP contribution in [0.15, 0.2) is 47.9 Å². The number of ketones is 1. The lowest BCUT2D eigenvalue weighted by molar-refractivity contribution is -0.141. The molecule has 1 aromatic heterocycles. The summed E-state index contributed by atoms with van der Waals surface area (Å²) in [5.74, 6) is -1.24. The molecule has 0 radical (unpaired) electrons. The first-order valence-corrected chi connectivity index (χ1v) is 15.5. The van der Waals surface area contributed by atoms with E-state index in [1.807, 2.05) is 19.1 Å². The van der Waals surface area contributed by atoms with E-state index in [1.165, 1.54) is 18.8 Å². The van der Waals surface area contributed by atoms with Gasteiger partial charge in [-0.1, -0.05) is 80.8 Å². The number of aromatic nitrogens is 1. The van der Waals surface area contributed by atoms with Gasteiger partial charge < -0.3 is 15.7 Å². The van der Waals surface area contributed by atoms with Gasteiger partial charge in [0.25, 0.3) is 5.91 Å². The van der Waals surface area contributed by atoms with E-state index in [0.717, 1.165) is 74.6 Å². The average Bonchev–Trinajstić information content (AvgIpc) is 2.98. The van der Waals surface area contributed by atoms with E-state index >= 15 is 0 Å². The van der Waals surface area contributed by atoms with Crippen molar-refractivity contribution in [2.45, 2.75) is 89.5 Å². The molecule has 218 valence electrons. The maximum Gasteiger partial charge on any atom is 0.326 e. The van der Waals surface area contributed by atoms with Gasteiger partial charge in [-0.3, -0.25) is 14.6 Å². The zero-order chi connectivity index (χ0) is 29.1. The van der Waals surface area contributed by atoms with Gasteiger partial charge in [0.05, 0.1) is 21.0 Å². The Labute approximate surface area is 251 Å². The van der Waals surface area contributed by atoms with Crippen LogP contribution in [0.2, 0.25) is 10.0 Å². The maximum atomic E-state index is 13.7. The lowest BCUT2D eigenvalue weighted by Gasteiger charge is -2.50. The summed E-state index contributed by atoms with van der Waals surface area (Å²) < 4.78 is 0. The van der Waals surface area contributed by atoms with Crippen LogP contribution in [0.5, 0.6) is 0 Å². The highest BCUT2D eigenvalue weighted by Crippen LogP contribution is 2.55. The fourth-order valence-electron chi connectivity index (χ4n) is 7.10. The molecule has 9 heteroatoms. The molecule has 3 N–H and O–H groups in total. The molecule has 2 aromatic rings. The predicted molar refractivity (Wildman–Crippen MR) is 160 cm³/mol. The van der Waals surface area contributed by atoms with Gasteiger partial charge in [0.1, 0.15) is 6.04 Å². The van der Waals surface area contributed by atoms with Crippen molar-refractivity contribution in [3.8, 4) is 0 Å². The van der Waals surface area contributed by atoms with Crippen molar-refractivity contribution < 1.29 is 19.5 Å². The van der Waals surface area contributed by atoms with Crippen LogP contribution < -0.4 is 10.6 Å². The molecule has 7 nitrogen and oxygen atoms in total. The van der Waals surface area contributed by atoms with Gasteiger partial charge in [-0.05, 0) is 55.7 Å². The number of nitrogens with one attached hydrogen (secondary N) is 2. The van der Waals surface area contributed by atoms with Crippen molar-refractivity contribution in [3.63, 3.8) is 0 Å². The standard InChI is InChI=1S/C32H37Cl2N3O4/c1-2-22(19-11-13-21(14-12-19)36-30(39)26-23(33)17-35-18-24(26)34)27(31(40)41)37-28-25(20-9-5-3-6-10-20)29(38)32(28)15-7-4-8-16-32/h11-14,17-18,20,22,27,37H,2-10,15-16H2,1H3,(H,36,39)(H,40,41)/t22?,27-/m0/s1. The van der Waals surface area contributed by atoms with E-state index in [9.17, 15) is 19.5 Å². The molecule has 1 amide bonds. The van der Waals surface area contributed by atoms with Crippen LogP contribution in [0.25, 0.3) is 0 Å². The largest absolute Gasteiger partial charge is 0.480 e. The van der Waals surface area contributed by atoms with Gasteiger partial charge in [0, 0.05) is 35.3 Å². The number of hydrogen-bond acceptors (Lipinski definition) is 5. The molecular weight excluding hydrogens is 561 g/mol. The molecule has 1 heterocycles. The highest BCUT2D eigenvalue weighted by molar-refractivity contribution is 6.40. The summed E-state index contributed by atoms with van der Waals surface area (Å²) in [6.07, 6.45) is 13.4. The van der Waals surface area contributed by atoms with E-state index in [-0.39, 0.29) is 33.2 Å². The Balaban J connectivity index is 1.39. The van der Waals surface area contributed by atoms with Gasteiger partial charge in [-0.2, -0.15) is 0 Å². The van der Waals surface area contributed by atoms with Gasteiger partial charge in [0.15, 0.2) is 5.78 Å². The van der Waals surface area contributed by atoms with Crippen molar-refractivity contribution in [1.29, 1.82) is 0 Å². The minimum Gasteiger partial charge on any atom is -0.480 e. The lowest BCUT2D eigenvalue weighted by atomic mass is 9.55. The first-order valence-electron chi connectivity index (χ1n) is 14.8. The molecule has 2 saturated carbocycles. The molecular formula is C32H37Cl2N3O4. The zero-order valence-electron chi connectivity index (χ0n) is 23.3. The second-order valence-corrected chi connectivity index (χ2v) is 12.4. The van der Waals surface area contributed by atoms with Crippen molar-refractivity contribution >= 4 is 46.5 Å². The summed E-state index contributed by atoms with van der Waals surface area (Å²) in [6, 6.07) is 6.31. The van der Waals surface area contributed by atoms with E-state index in [2.05, 4.69) is 15.6 Å². The minimum atomic E-state index is -0.933. The quantitative estimate of drug-likeness (QED) is 0.275. The summed E-state index contributed by atoms with van der Waals surface area (Å²) in [7, 11) is 0. The zero-order valence-corrected chi connectivity index (χ0v) is 24.9. The fourth-order valence-corrected chi connectivity index (χ4v) is 7.63. The Bertz CT molecular complexity index is 1320. The van der Waals surface area contributed by atoms with Crippen molar-refractivity contribution in [1.82, 2.24) is 10.3 Å². The summed E-state index contributed by atoms with van der Waals surface area (Å²) in [5, 5.41) is 17.0. The number of allylic oxidation sites excluding steroid dienone is 2. The van der Waals surface area contributed by atoms with Crippen LogP contribution in [0.1, 0.15) is 99.4 Å². The molecule has 1 spiro atoms. The summed E-state index contributed by atoms with van der Waals surface area (Å²) >= 11 is 12.3. The van der Waals surface area contributed by atoms with Crippen LogP contribution in [0.4, 0.5) is 5.69 Å². The van der Waals surface area contributed by atoms with E-state index in [1.54, 1.807) is 12.1 Å². The molecule has 3 aliphatic carbocycles. The van der Waals surface area contributed by atoms with Crippen LogP contribution in [-0.4, -0.2) is 33.8 Å². The van der Waals surface area contributed by atoms with Gasteiger partial charge in [-0.15, -0.1) is 0 Å². The Morgan fingerprint density at radius 3 is 2.20 bits per heavy atom. The molecule has 2 fully saturated rings. The van der Waals surface area contributed by atoms with Gasteiger partial charge in [0.2, 0.25) is 0 Å². The molecule has 41 heavy (non-hydrogen) atoms. The molecule has 1 aromatic carbocycles. The normalized spacial score (nSPS) is 20.3. The van der Waals surface area contributed by atoms with E-state index < -0.39 is 23.3 Å². The third-order valence-electron chi connectivity index (χ3n) is 9.23. The second kappa shape index (κ2) is 12.5. The molecule has 5 rings (SSSR count). The molecule has 3 aliphatic rings. The van der Waals surface area contributed by atoms with E-state index in [4.69, 9.17) is 23.2 Å². The molecule has 0 bridgehead atoms. The molecule has 0 saturated heterocycles. The topological polar surface area (TPSA) is 108 Å². The van der Waals surface area contributed by atoms with Crippen molar-refractivity contribution in [2.75, 3.05) is 5.32 Å². The number of pyridine rings is 1. The number of carbonyl (C=O) groups excluding carboxylic acids is 2. The number of amides is 1. The van der Waals surface area contributed by atoms with Crippen LogP contribution in [0.3, 0.4) is 0 Å². The molecule has 2 atom stereocenters. The van der Waals surface area contributed by atoms with Crippen molar-refractivity contribution in [2.24, 2.45) is 11.3 Å². The summed E-state index contributed by atoms with van der Waals surface area (Å²) in [6.45, 7) is 1.98. The number of carboxylic acid groups (broad SMARTS) is 1. The van der Waals surface area contributed by atoms with Gasteiger partial charge in [-0.25, -0.2) is 4.79 Å². The Kier molecular flexibility index (Phi) is 9.05. The maximum absolute atomic E-state index is 13.7. The number of carboxylic acids is 1. The molecule has 1 unspecified atom stereocenters. The highest BCUT2D eigenvalue weighted by Gasteiger charge is 2.56. The SMILES string of the molecule is CCC(c1ccc(NC(=O)c2c(Cl)cncc2Cl)cc1)[C@H](NC1=C(C2CCCCC2)C(=O)C12CCCCC2)C(=O)O. The third kappa shape index (κ3) is 5.76. The number of Topliss-reactive ketones (excluding diaryl/α,β-unsaturated/α-hetero) is 1. The Morgan fingerprint density at radius 2 is 1.61 bits per heavy atom. The van der Waals surface area contributed by atoms with Crippen LogP contribution >= 0.6 is 23.2 Å².